The summed E-state index contributed by atoms with van der Waals surface area (Å²) in [5, 5.41) is 5.19. The van der Waals surface area contributed by atoms with E-state index in [1.807, 2.05) is 32.6 Å². The van der Waals surface area contributed by atoms with E-state index >= 15 is 0 Å². The van der Waals surface area contributed by atoms with E-state index in [1.165, 1.54) is 9.13 Å². The monoisotopic (exact) mass is 499 g/mol. The second kappa shape index (κ2) is 11.5. The van der Waals surface area contributed by atoms with Crippen LogP contribution in [-0.2, 0) is 26.2 Å². The number of hydrogen-bond acceptors (Lipinski definition) is 5. The van der Waals surface area contributed by atoms with Crippen LogP contribution in [-0.4, -0.2) is 49.7 Å². The summed E-state index contributed by atoms with van der Waals surface area (Å²) in [6, 6.07) is 4.71. The highest BCUT2D eigenvalue weighted by Crippen LogP contribution is 2.27. The first-order valence-electron chi connectivity index (χ1n) is 12.7. The maximum atomic E-state index is 13.0. The smallest absolute Gasteiger partial charge is 0.329 e. The fraction of sp³-hybridized carbons (Fsp3) is 0.577. The lowest BCUT2D eigenvalue weighted by molar-refractivity contribution is -0.136. The van der Waals surface area contributed by atoms with Gasteiger partial charge in [0.15, 0.2) is 0 Å². The molecule has 0 spiro atoms. The Morgan fingerprint density at radius 3 is 2.36 bits per heavy atom. The van der Waals surface area contributed by atoms with Crippen molar-refractivity contribution in [1.29, 1.82) is 0 Å². The van der Waals surface area contributed by atoms with Gasteiger partial charge in [-0.1, -0.05) is 12.5 Å². The fourth-order valence-corrected chi connectivity index (χ4v) is 5.02. The van der Waals surface area contributed by atoms with Gasteiger partial charge in [-0.25, -0.2) is 4.79 Å². The Labute approximate surface area is 211 Å². The molecule has 0 saturated carbocycles. The van der Waals surface area contributed by atoms with Crippen molar-refractivity contribution < 1.29 is 19.2 Å². The number of unbranched alkanes of at least 4 members (excludes halogenated alkanes) is 2. The molecule has 0 bridgehead atoms. The molecule has 10 nitrogen and oxygen atoms in total. The van der Waals surface area contributed by atoms with Gasteiger partial charge < -0.3 is 10.2 Å². The zero-order valence-corrected chi connectivity index (χ0v) is 21.8. The summed E-state index contributed by atoms with van der Waals surface area (Å²) in [6.07, 6.45) is 3.30. The van der Waals surface area contributed by atoms with Gasteiger partial charge in [-0.2, -0.15) is 0 Å². The van der Waals surface area contributed by atoms with E-state index in [9.17, 15) is 24.0 Å². The zero-order valence-electron chi connectivity index (χ0n) is 21.8. The number of rotatable bonds is 10. The molecule has 1 unspecified atom stereocenters. The van der Waals surface area contributed by atoms with Gasteiger partial charge in [-0.15, -0.1) is 0 Å². The van der Waals surface area contributed by atoms with Crippen molar-refractivity contribution in [1.82, 2.24) is 19.4 Å². The van der Waals surface area contributed by atoms with Crippen molar-refractivity contribution in [3.63, 3.8) is 0 Å². The van der Waals surface area contributed by atoms with Crippen molar-refractivity contribution in [2.75, 3.05) is 5.32 Å². The van der Waals surface area contributed by atoms with Crippen molar-refractivity contribution in [2.24, 2.45) is 7.05 Å². The van der Waals surface area contributed by atoms with Crippen molar-refractivity contribution in [2.45, 2.75) is 90.8 Å². The number of aromatic nitrogens is 2. The molecule has 1 aliphatic heterocycles. The number of hydrogen-bond donors (Lipinski definition) is 2. The average molecular weight is 500 g/mol. The largest absolute Gasteiger partial charge is 0.338 e. The third-order valence-electron chi connectivity index (χ3n) is 6.59. The van der Waals surface area contributed by atoms with Crippen LogP contribution in [0.5, 0.6) is 0 Å². The quantitative estimate of drug-likeness (QED) is 0.384. The van der Waals surface area contributed by atoms with Crippen LogP contribution in [0.4, 0.5) is 5.69 Å². The first-order chi connectivity index (χ1) is 17.0. The third-order valence-corrected chi connectivity index (χ3v) is 6.59. The fourth-order valence-electron chi connectivity index (χ4n) is 5.02. The number of aryl methyl sites for hydroxylation is 1. The van der Waals surface area contributed by atoms with Gasteiger partial charge in [0.25, 0.3) is 0 Å². The predicted molar refractivity (Wildman–Crippen MR) is 137 cm³/mol. The van der Waals surface area contributed by atoms with Crippen LogP contribution in [0, 0.1) is 0 Å². The molecule has 2 heterocycles. The molecule has 1 saturated heterocycles. The maximum Gasteiger partial charge on any atom is 0.329 e. The van der Waals surface area contributed by atoms with E-state index in [0.717, 1.165) is 12.8 Å². The van der Waals surface area contributed by atoms with E-state index in [1.54, 1.807) is 25.2 Å². The van der Waals surface area contributed by atoms with Crippen molar-refractivity contribution in [3.8, 4) is 0 Å². The Hall–Kier alpha value is -3.43. The molecule has 2 N–H and O–H groups in total. The number of para-hydroxylation sites is 1. The highest BCUT2D eigenvalue weighted by molar-refractivity contribution is 6.02. The molecule has 0 aliphatic carbocycles. The van der Waals surface area contributed by atoms with Crippen molar-refractivity contribution in [3.05, 3.63) is 28.7 Å². The van der Waals surface area contributed by atoms with Crippen LogP contribution in [0.25, 0.3) is 11.0 Å². The average Bonchev–Trinajstić information content (AvgIpc) is 3.04. The zero-order chi connectivity index (χ0) is 26.6. The molecule has 0 radical (unpaired) electrons. The number of fused-ring (bicyclic) bond motifs is 1. The van der Waals surface area contributed by atoms with Gasteiger partial charge in [0.2, 0.25) is 23.6 Å². The van der Waals surface area contributed by atoms with Crippen LogP contribution < -0.4 is 16.3 Å². The molecule has 10 heteroatoms. The number of imidazole rings is 1. The maximum absolute atomic E-state index is 13.0. The summed E-state index contributed by atoms with van der Waals surface area (Å²) in [7, 11) is 1.59. The normalized spacial score (nSPS) is 16.0. The standard InChI is InChI=1S/C26H37N5O5/c1-16(2)30(17(3)4)23(34)13-8-6-7-12-21(32)27-18-10-9-11-19-24(18)29(5)26(36)31(19)20-14-15-22(33)28-25(20)35/h9-11,16-17,20H,6-8,12-15H2,1-5H3,(H,27,32)(H,28,33,35). The van der Waals surface area contributed by atoms with E-state index in [4.69, 9.17) is 0 Å². The molecule has 2 aromatic rings. The van der Waals surface area contributed by atoms with Gasteiger partial charge in [-0.3, -0.25) is 33.6 Å². The first-order valence-corrected chi connectivity index (χ1v) is 12.7. The van der Waals surface area contributed by atoms with Crippen LogP contribution in [0.15, 0.2) is 23.0 Å². The number of nitrogens with one attached hydrogen (secondary N) is 2. The molecule has 1 aliphatic rings. The van der Waals surface area contributed by atoms with Crippen molar-refractivity contribution >= 4 is 40.3 Å². The molecule has 3 rings (SSSR count). The Balaban J connectivity index is 1.62. The number of piperidine rings is 1. The summed E-state index contributed by atoms with van der Waals surface area (Å²) in [4.78, 5) is 63.9. The van der Waals surface area contributed by atoms with E-state index in [2.05, 4.69) is 10.6 Å². The minimum absolute atomic E-state index is 0.137. The predicted octanol–water partition coefficient (Wildman–Crippen LogP) is 2.85. The van der Waals surface area contributed by atoms with E-state index in [0.29, 0.717) is 36.0 Å². The second-order valence-corrected chi connectivity index (χ2v) is 9.95. The molecule has 196 valence electrons. The lowest BCUT2D eigenvalue weighted by Gasteiger charge is -2.30. The molecule has 1 fully saturated rings. The number of benzene rings is 1. The first kappa shape index (κ1) is 27.2. The van der Waals surface area contributed by atoms with Gasteiger partial charge in [0, 0.05) is 38.4 Å². The van der Waals surface area contributed by atoms with Crippen LogP contribution in [0.1, 0.15) is 78.7 Å². The Morgan fingerprint density at radius 2 is 1.72 bits per heavy atom. The lowest BCUT2D eigenvalue weighted by atomic mass is 10.1. The Kier molecular flexibility index (Phi) is 8.70. The van der Waals surface area contributed by atoms with Crippen LogP contribution >= 0.6 is 0 Å². The molecule has 36 heavy (non-hydrogen) atoms. The summed E-state index contributed by atoms with van der Waals surface area (Å²) in [5.41, 5.74) is 1.15. The SMILES string of the molecule is CC(C)N(C(=O)CCCCCC(=O)Nc1cccc2c1n(C)c(=O)n2C1CCC(=O)NC1=O)C(C)C. The number of anilines is 1. The third kappa shape index (κ3) is 5.85. The summed E-state index contributed by atoms with van der Waals surface area (Å²) in [6.45, 7) is 8.05. The molecule has 1 aromatic carbocycles. The van der Waals surface area contributed by atoms with Crippen LogP contribution in [0.3, 0.4) is 0 Å². The van der Waals surface area contributed by atoms with Gasteiger partial charge in [-0.05, 0) is 59.1 Å². The molecule has 1 aromatic heterocycles. The summed E-state index contributed by atoms with van der Waals surface area (Å²) < 4.78 is 2.80. The molecular weight excluding hydrogens is 462 g/mol. The second-order valence-electron chi connectivity index (χ2n) is 9.95. The van der Waals surface area contributed by atoms with E-state index < -0.39 is 11.9 Å². The number of carbonyl (C=O) groups excluding carboxylic acids is 4. The van der Waals surface area contributed by atoms with Gasteiger partial charge in [0.05, 0.1) is 16.7 Å². The summed E-state index contributed by atoms with van der Waals surface area (Å²) >= 11 is 0. The van der Waals surface area contributed by atoms with Gasteiger partial charge in [0.1, 0.15) is 6.04 Å². The molecule has 1 atom stereocenters. The highest BCUT2D eigenvalue weighted by Gasteiger charge is 2.31. The topological polar surface area (TPSA) is 123 Å². The number of carbonyl (C=O) groups is 4. The highest BCUT2D eigenvalue weighted by atomic mass is 16.2. The van der Waals surface area contributed by atoms with Gasteiger partial charge >= 0.3 is 5.69 Å². The minimum Gasteiger partial charge on any atom is -0.338 e. The van der Waals surface area contributed by atoms with Crippen LogP contribution in [0.2, 0.25) is 0 Å². The summed E-state index contributed by atoms with van der Waals surface area (Å²) in [5.74, 6) is -0.892. The van der Waals surface area contributed by atoms with E-state index in [-0.39, 0.29) is 48.3 Å². The lowest BCUT2D eigenvalue weighted by Crippen LogP contribution is -2.44. The number of imide groups is 1. The minimum atomic E-state index is -0.783. The molecule has 4 amide bonds. The number of nitrogens with zero attached hydrogens (tertiary/aromatic N) is 3. The Bertz CT molecular complexity index is 1200. The Morgan fingerprint density at radius 1 is 1.06 bits per heavy atom. The number of amides is 4. The molecular formula is C26H37N5O5.